The fourth-order valence-electron chi connectivity index (χ4n) is 3.05. The Morgan fingerprint density at radius 1 is 0.933 bits per heavy atom. The topological polar surface area (TPSA) is 50.4 Å². The Morgan fingerprint density at radius 2 is 1.63 bits per heavy atom. The van der Waals surface area contributed by atoms with Crippen LogP contribution in [0.25, 0.3) is 0 Å². The zero-order chi connectivity index (χ0) is 21.3. The van der Waals surface area contributed by atoms with E-state index >= 15 is 0 Å². The average molecular weight is 423 g/mol. The van der Waals surface area contributed by atoms with E-state index in [1.807, 2.05) is 86.6 Å². The van der Waals surface area contributed by atoms with Crippen molar-refractivity contribution in [3.8, 4) is 5.75 Å². The van der Waals surface area contributed by atoms with E-state index in [2.05, 4.69) is 10.6 Å². The minimum absolute atomic E-state index is 0.0282. The van der Waals surface area contributed by atoms with E-state index in [-0.39, 0.29) is 5.91 Å². The number of ether oxygens (including phenoxy) is 1. The Bertz CT molecular complexity index is 988. The number of amides is 1. The van der Waals surface area contributed by atoms with Gasteiger partial charge in [-0.25, -0.2) is 0 Å². The molecule has 3 rings (SSSR count). The van der Waals surface area contributed by atoms with Crippen molar-refractivity contribution in [2.75, 3.05) is 10.6 Å². The van der Waals surface area contributed by atoms with Crippen LogP contribution >= 0.6 is 11.6 Å². The molecule has 5 heteroatoms. The molecule has 4 nitrogen and oxygen atoms in total. The monoisotopic (exact) mass is 422 g/mol. The third kappa shape index (κ3) is 6.53. The summed E-state index contributed by atoms with van der Waals surface area (Å²) in [5, 5.41) is 7.06. The number of carbonyl (C=O) groups excluding carboxylic acids is 1. The van der Waals surface area contributed by atoms with E-state index in [1.54, 1.807) is 0 Å². The van der Waals surface area contributed by atoms with Crippen LogP contribution in [0.15, 0.2) is 72.8 Å². The molecule has 156 valence electrons. The highest BCUT2D eigenvalue weighted by Gasteiger charge is 2.07. The van der Waals surface area contributed by atoms with Gasteiger partial charge in [0.25, 0.3) is 0 Å². The maximum absolute atomic E-state index is 12.0. The van der Waals surface area contributed by atoms with Gasteiger partial charge in [-0.3, -0.25) is 4.79 Å². The summed E-state index contributed by atoms with van der Waals surface area (Å²) in [4.78, 5) is 12.0. The molecule has 0 saturated heterocycles. The van der Waals surface area contributed by atoms with Gasteiger partial charge in [0.1, 0.15) is 12.4 Å². The molecule has 1 amide bonds. The van der Waals surface area contributed by atoms with Crippen LogP contribution in [-0.2, 0) is 17.9 Å². The summed E-state index contributed by atoms with van der Waals surface area (Å²) in [7, 11) is 0. The number of rotatable bonds is 9. The van der Waals surface area contributed by atoms with Gasteiger partial charge in [0, 0.05) is 40.5 Å². The molecule has 0 heterocycles. The van der Waals surface area contributed by atoms with E-state index < -0.39 is 0 Å². The van der Waals surface area contributed by atoms with Gasteiger partial charge in [-0.15, -0.1) is 0 Å². The second-order valence-electron chi connectivity index (χ2n) is 7.57. The van der Waals surface area contributed by atoms with Gasteiger partial charge in [0.15, 0.2) is 0 Å². The maximum Gasteiger partial charge on any atom is 0.224 e. The summed E-state index contributed by atoms with van der Waals surface area (Å²) >= 11 is 6.23. The van der Waals surface area contributed by atoms with Crippen molar-refractivity contribution in [2.24, 2.45) is 5.92 Å². The molecule has 0 fully saturated rings. The van der Waals surface area contributed by atoms with E-state index in [0.29, 0.717) is 30.5 Å². The van der Waals surface area contributed by atoms with Crippen LogP contribution < -0.4 is 15.4 Å². The standard InChI is InChI=1S/C25H27ClN2O2/c1-18(2)14-25(29)28-22-11-7-10-21(15-22)27-16-19-8-4-6-13-24(19)30-17-20-9-3-5-12-23(20)26/h3-13,15,18,27H,14,16-17H2,1-2H3,(H,28,29). The average Bonchev–Trinajstić information content (AvgIpc) is 2.72. The van der Waals surface area contributed by atoms with Crippen LogP contribution in [0.5, 0.6) is 5.75 Å². The first-order chi connectivity index (χ1) is 14.5. The van der Waals surface area contributed by atoms with Crippen LogP contribution in [0.4, 0.5) is 11.4 Å². The first-order valence-corrected chi connectivity index (χ1v) is 10.5. The number of hydrogen-bond donors (Lipinski definition) is 2. The molecule has 0 atom stereocenters. The number of nitrogens with one attached hydrogen (secondary N) is 2. The predicted octanol–water partition coefficient (Wildman–Crippen LogP) is 6.52. The fraction of sp³-hybridized carbons (Fsp3) is 0.240. The Kier molecular flexibility index (Phi) is 7.75. The summed E-state index contributed by atoms with van der Waals surface area (Å²) in [6.45, 7) is 5.07. The van der Waals surface area contributed by atoms with Crippen molar-refractivity contribution in [2.45, 2.75) is 33.4 Å². The number of benzene rings is 3. The van der Waals surface area contributed by atoms with Crippen molar-refractivity contribution in [1.29, 1.82) is 0 Å². The highest BCUT2D eigenvalue weighted by molar-refractivity contribution is 6.31. The number of anilines is 2. The Morgan fingerprint density at radius 3 is 2.40 bits per heavy atom. The highest BCUT2D eigenvalue weighted by Crippen LogP contribution is 2.24. The lowest BCUT2D eigenvalue weighted by atomic mass is 10.1. The largest absolute Gasteiger partial charge is 0.488 e. The number of carbonyl (C=O) groups is 1. The lowest BCUT2D eigenvalue weighted by Crippen LogP contribution is -2.14. The molecule has 0 aliphatic heterocycles. The molecule has 0 spiro atoms. The smallest absolute Gasteiger partial charge is 0.224 e. The van der Waals surface area contributed by atoms with Gasteiger partial charge in [-0.1, -0.05) is 67.9 Å². The van der Waals surface area contributed by atoms with E-state index in [9.17, 15) is 4.79 Å². The molecule has 3 aromatic rings. The van der Waals surface area contributed by atoms with E-state index in [0.717, 1.165) is 28.3 Å². The summed E-state index contributed by atoms with van der Waals surface area (Å²) in [6, 6.07) is 23.3. The molecule has 0 aromatic heterocycles. The minimum Gasteiger partial charge on any atom is -0.488 e. The second-order valence-corrected chi connectivity index (χ2v) is 7.98. The molecule has 0 radical (unpaired) electrons. The summed E-state index contributed by atoms with van der Waals surface area (Å²) in [6.07, 6.45) is 0.508. The number of para-hydroxylation sites is 1. The van der Waals surface area contributed by atoms with Crippen molar-refractivity contribution >= 4 is 28.9 Å². The third-order valence-corrected chi connectivity index (χ3v) is 4.91. The highest BCUT2D eigenvalue weighted by atomic mass is 35.5. The SMILES string of the molecule is CC(C)CC(=O)Nc1cccc(NCc2ccccc2OCc2ccccc2Cl)c1. The molecule has 0 saturated carbocycles. The van der Waals surface area contributed by atoms with Crippen LogP contribution in [0.2, 0.25) is 5.02 Å². The first-order valence-electron chi connectivity index (χ1n) is 10.1. The molecular weight excluding hydrogens is 396 g/mol. The minimum atomic E-state index is 0.0282. The van der Waals surface area contributed by atoms with Gasteiger partial charge < -0.3 is 15.4 Å². The van der Waals surface area contributed by atoms with Crippen molar-refractivity contribution < 1.29 is 9.53 Å². The molecule has 0 aliphatic carbocycles. The summed E-state index contributed by atoms with van der Waals surface area (Å²) < 4.78 is 6.02. The van der Waals surface area contributed by atoms with Crippen LogP contribution in [0.1, 0.15) is 31.4 Å². The molecule has 0 unspecified atom stereocenters. The quantitative estimate of drug-likeness (QED) is 0.413. The van der Waals surface area contributed by atoms with Gasteiger partial charge in [-0.05, 0) is 36.2 Å². The van der Waals surface area contributed by atoms with E-state index in [1.165, 1.54) is 0 Å². The Balaban J connectivity index is 1.62. The van der Waals surface area contributed by atoms with Gasteiger partial charge in [-0.2, -0.15) is 0 Å². The Hall–Kier alpha value is -2.98. The van der Waals surface area contributed by atoms with Crippen LogP contribution in [0.3, 0.4) is 0 Å². The molecule has 0 aliphatic rings. The molecular formula is C25H27ClN2O2. The molecule has 0 bridgehead atoms. The number of halogens is 1. The molecule has 2 N–H and O–H groups in total. The van der Waals surface area contributed by atoms with Gasteiger partial charge in [0.05, 0.1) is 0 Å². The zero-order valence-electron chi connectivity index (χ0n) is 17.3. The maximum atomic E-state index is 12.0. The summed E-state index contributed by atoms with van der Waals surface area (Å²) in [5.41, 5.74) is 3.71. The summed E-state index contributed by atoms with van der Waals surface area (Å²) in [5.74, 6) is 1.17. The second kappa shape index (κ2) is 10.7. The fourth-order valence-corrected chi connectivity index (χ4v) is 3.24. The lowest BCUT2D eigenvalue weighted by Gasteiger charge is -2.14. The van der Waals surface area contributed by atoms with Crippen molar-refractivity contribution in [3.63, 3.8) is 0 Å². The van der Waals surface area contributed by atoms with Crippen molar-refractivity contribution in [3.05, 3.63) is 88.9 Å². The van der Waals surface area contributed by atoms with Gasteiger partial charge >= 0.3 is 0 Å². The molecule has 3 aromatic carbocycles. The van der Waals surface area contributed by atoms with Crippen molar-refractivity contribution in [1.82, 2.24) is 0 Å². The number of hydrogen-bond acceptors (Lipinski definition) is 3. The Labute approximate surface area is 183 Å². The molecule has 30 heavy (non-hydrogen) atoms. The zero-order valence-corrected chi connectivity index (χ0v) is 18.1. The first kappa shape index (κ1) is 21.7. The van der Waals surface area contributed by atoms with Gasteiger partial charge in [0.2, 0.25) is 5.91 Å². The van der Waals surface area contributed by atoms with E-state index in [4.69, 9.17) is 16.3 Å². The van der Waals surface area contributed by atoms with Crippen LogP contribution in [-0.4, -0.2) is 5.91 Å². The third-order valence-electron chi connectivity index (χ3n) is 4.54. The normalized spacial score (nSPS) is 10.7. The predicted molar refractivity (Wildman–Crippen MR) is 124 cm³/mol. The van der Waals surface area contributed by atoms with Crippen LogP contribution in [0, 0.1) is 5.92 Å². The lowest BCUT2D eigenvalue weighted by molar-refractivity contribution is -0.116.